The Labute approximate surface area is 227 Å². The number of ether oxygens (including phenoxy) is 2. The van der Waals surface area contributed by atoms with E-state index in [1.807, 2.05) is 0 Å². The molecule has 0 saturated heterocycles. The van der Waals surface area contributed by atoms with Crippen LogP contribution in [0.4, 0.5) is 0 Å². The topological polar surface area (TPSA) is 98.9 Å². The third kappa shape index (κ3) is 24.5. The second-order valence-electron chi connectivity index (χ2n) is 10.2. The van der Waals surface area contributed by atoms with Crippen molar-refractivity contribution in [3.05, 3.63) is 0 Å². The average Bonchev–Trinajstić information content (AvgIpc) is 2.89. The number of esters is 2. The van der Waals surface area contributed by atoms with E-state index in [-0.39, 0.29) is 50.7 Å². The molecule has 0 atom stereocenters. The first-order chi connectivity index (χ1) is 18.0. The molecule has 0 fully saturated rings. The summed E-state index contributed by atoms with van der Waals surface area (Å²) in [6.45, 7) is 5.11. The van der Waals surface area contributed by atoms with Gasteiger partial charge in [0, 0.05) is 12.8 Å². The molecule has 0 spiro atoms. The molecule has 0 saturated carbocycles. The highest BCUT2D eigenvalue weighted by atomic mass is 16.5. The van der Waals surface area contributed by atoms with Gasteiger partial charge >= 0.3 is 11.9 Å². The van der Waals surface area contributed by atoms with Gasteiger partial charge in [-0.1, -0.05) is 117 Å². The van der Waals surface area contributed by atoms with Crippen molar-refractivity contribution in [3.63, 3.8) is 0 Å². The van der Waals surface area contributed by atoms with E-state index in [2.05, 4.69) is 13.8 Å². The first-order valence-electron chi connectivity index (χ1n) is 15.3. The lowest BCUT2D eigenvalue weighted by Gasteiger charge is -2.21. The summed E-state index contributed by atoms with van der Waals surface area (Å²) in [5, 5.41) is 0. The largest absolute Gasteiger partial charge is 0.464 e. The Kier molecular flexibility index (Phi) is 26.2. The van der Waals surface area contributed by atoms with Crippen LogP contribution in [0.1, 0.15) is 142 Å². The standard InChI is InChI=1S/C30H58N2O5/c1-3-5-7-9-11-13-15-17-19-21-29(34)36-25-23-32(28(33)27-31)24-26-37-30(35)22-20-18-16-14-12-10-8-6-4-2/h3-27,31H2,1-2H3. The number of nitrogens with two attached hydrogens (primary N) is 1. The summed E-state index contributed by atoms with van der Waals surface area (Å²) in [6, 6.07) is 0. The van der Waals surface area contributed by atoms with Crippen molar-refractivity contribution in [3.8, 4) is 0 Å². The maximum absolute atomic E-state index is 12.1. The molecule has 7 heteroatoms. The van der Waals surface area contributed by atoms with Crippen LogP contribution in [0.3, 0.4) is 0 Å². The van der Waals surface area contributed by atoms with Gasteiger partial charge in [0.05, 0.1) is 19.6 Å². The van der Waals surface area contributed by atoms with Crippen LogP contribution >= 0.6 is 0 Å². The van der Waals surface area contributed by atoms with Crippen LogP contribution in [0, 0.1) is 0 Å². The van der Waals surface area contributed by atoms with Crippen LogP contribution in [-0.2, 0) is 23.9 Å². The molecule has 1 amide bonds. The zero-order chi connectivity index (χ0) is 27.4. The SMILES string of the molecule is CCCCCCCCCCCC(=O)OCCN(CCOC(=O)CCCCCCCCCCC)C(=O)CN. The highest BCUT2D eigenvalue weighted by molar-refractivity contribution is 5.78. The van der Waals surface area contributed by atoms with Gasteiger partial charge in [-0.15, -0.1) is 0 Å². The number of nitrogens with zero attached hydrogens (tertiary/aromatic N) is 1. The van der Waals surface area contributed by atoms with Gasteiger partial charge in [0.15, 0.2) is 0 Å². The number of carbonyl (C=O) groups is 3. The Morgan fingerprint density at radius 3 is 1.19 bits per heavy atom. The van der Waals surface area contributed by atoms with E-state index in [1.54, 1.807) is 0 Å². The van der Waals surface area contributed by atoms with Crippen LogP contribution in [0.15, 0.2) is 0 Å². The van der Waals surface area contributed by atoms with Crippen molar-refractivity contribution in [1.82, 2.24) is 4.90 Å². The van der Waals surface area contributed by atoms with Crippen molar-refractivity contribution in [2.24, 2.45) is 5.73 Å². The monoisotopic (exact) mass is 526 g/mol. The van der Waals surface area contributed by atoms with Crippen LogP contribution in [0.2, 0.25) is 0 Å². The Bertz CT molecular complexity index is 516. The lowest BCUT2D eigenvalue weighted by atomic mass is 10.1. The zero-order valence-corrected chi connectivity index (χ0v) is 24.2. The molecule has 0 aliphatic carbocycles. The second-order valence-corrected chi connectivity index (χ2v) is 10.2. The highest BCUT2D eigenvalue weighted by Crippen LogP contribution is 2.12. The molecule has 0 aromatic rings. The van der Waals surface area contributed by atoms with E-state index in [1.165, 1.54) is 81.9 Å². The highest BCUT2D eigenvalue weighted by Gasteiger charge is 2.14. The van der Waals surface area contributed by atoms with E-state index in [9.17, 15) is 14.4 Å². The average molecular weight is 527 g/mol. The minimum atomic E-state index is -0.245. The molecule has 0 aromatic carbocycles. The van der Waals surface area contributed by atoms with Crippen molar-refractivity contribution >= 4 is 17.8 Å². The van der Waals surface area contributed by atoms with Gasteiger partial charge in [-0.05, 0) is 12.8 Å². The van der Waals surface area contributed by atoms with Gasteiger partial charge in [0.1, 0.15) is 13.2 Å². The number of hydrogen-bond acceptors (Lipinski definition) is 6. The fourth-order valence-corrected chi connectivity index (χ4v) is 4.33. The van der Waals surface area contributed by atoms with Gasteiger partial charge in [-0.3, -0.25) is 14.4 Å². The number of unbranched alkanes of at least 4 members (excludes halogenated alkanes) is 16. The molecule has 0 heterocycles. The predicted octanol–water partition coefficient (Wildman–Crippen LogP) is 6.70. The molecule has 218 valence electrons. The van der Waals surface area contributed by atoms with Crippen molar-refractivity contribution in [1.29, 1.82) is 0 Å². The van der Waals surface area contributed by atoms with Gasteiger partial charge in [0.25, 0.3) is 0 Å². The van der Waals surface area contributed by atoms with Gasteiger partial charge in [-0.25, -0.2) is 0 Å². The summed E-state index contributed by atoms with van der Waals surface area (Å²) in [4.78, 5) is 37.6. The third-order valence-corrected chi connectivity index (χ3v) is 6.74. The molecule has 0 rings (SSSR count). The minimum absolute atomic E-state index is 0.126. The summed E-state index contributed by atoms with van der Waals surface area (Å²) < 4.78 is 10.6. The molecule has 7 nitrogen and oxygen atoms in total. The summed E-state index contributed by atoms with van der Waals surface area (Å²) in [7, 11) is 0. The van der Waals surface area contributed by atoms with Crippen LogP contribution in [0.25, 0.3) is 0 Å². The number of amides is 1. The third-order valence-electron chi connectivity index (χ3n) is 6.74. The Morgan fingerprint density at radius 2 is 0.865 bits per heavy atom. The maximum Gasteiger partial charge on any atom is 0.305 e. The van der Waals surface area contributed by atoms with Crippen LogP contribution in [-0.4, -0.2) is 55.6 Å². The fourth-order valence-electron chi connectivity index (χ4n) is 4.33. The molecule has 2 N–H and O–H groups in total. The summed E-state index contributed by atoms with van der Waals surface area (Å²) in [6.07, 6.45) is 22.4. The lowest BCUT2D eigenvalue weighted by Crippen LogP contribution is -2.40. The Balaban J connectivity index is 3.82. The van der Waals surface area contributed by atoms with Gasteiger partial charge in [-0.2, -0.15) is 0 Å². The van der Waals surface area contributed by atoms with Crippen molar-refractivity contribution in [2.75, 3.05) is 32.8 Å². The summed E-state index contributed by atoms with van der Waals surface area (Å²) in [5.74, 6) is -0.698. The molecular formula is C30H58N2O5. The number of carbonyl (C=O) groups excluding carboxylic acids is 3. The Morgan fingerprint density at radius 1 is 0.541 bits per heavy atom. The fraction of sp³-hybridized carbons (Fsp3) is 0.900. The summed E-state index contributed by atoms with van der Waals surface area (Å²) >= 11 is 0. The molecule has 0 aliphatic heterocycles. The minimum Gasteiger partial charge on any atom is -0.464 e. The van der Waals surface area contributed by atoms with E-state index in [0.717, 1.165) is 38.5 Å². The van der Waals surface area contributed by atoms with Crippen molar-refractivity contribution in [2.45, 2.75) is 142 Å². The summed E-state index contributed by atoms with van der Waals surface area (Å²) in [5.41, 5.74) is 5.51. The lowest BCUT2D eigenvalue weighted by molar-refractivity contribution is -0.147. The molecule has 0 aromatic heterocycles. The molecule has 0 bridgehead atoms. The normalized spacial score (nSPS) is 10.9. The van der Waals surface area contributed by atoms with E-state index in [4.69, 9.17) is 15.2 Å². The van der Waals surface area contributed by atoms with E-state index >= 15 is 0 Å². The maximum atomic E-state index is 12.1. The number of hydrogen-bond donors (Lipinski definition) is 1. The second kappa shape index (κ2) is 27.4. The van der Waals surface area contributed by atoms with Crippen LogP contribution in [0.5, 0.6) is 0 Å². The van der Waals surface area contributed by atoms with E-state index in [0.29, 0.717) is 12.8 Å². The molecule has 0 radical (unpaired) electrons. The predicted molar refractivity (Wildman–Crippen MR) is 151 cm³/mol. The Hall–Kier alpha value is -1.63. The van der Waals surface area contributed by atoms with Crippen molar-refractivity contribution < 1.29 is 23.9 Å². The number of rotatable bonds is 27. The zero-order valence-electron chi connectivity index (χ0n) is 24.2. The van der Waals surface area contributed by atoms with Gasteiger partial charge < -0.3 is 20.1 Å². The molecule has 0 aliphatic rings. The quantitative estimate of drug-likeness (QED) is 0.0944. The first-order valence-corrected chi connectivity index (χ1v) is 15.3. The molecule has 0 unspecified atom stereocenters. The molecule has 37 heavy (non-hydrogen) atoms. The smallest absolute Gasteiger partial charge is 0.305 e. The van der Waals surface area contributed by atoms with Crippen LogP contribution < -0.4 is 5.73 Å². The van der Waals surface area contributed by atoms with E-state index < -0.39 is 0 Å². The van der Waals surface area contributed by atoms with Gasteiger partial charge in [0.2, 0.25) is 5.91 Å². The first kappa shape index (κ1) is 35.4. The molecular weight excluding hydrogens is 468 g/mol.